The number of fused-ring (bicyclic) bond motifs is 3. The molecule has 37 heavy (non-hydrogen) atoms. The number of aromatic hydroxyl groups is 1. The summed E-state index contributed by atoms with van der Waals surface area (Å²) in [6.07, 6.45) is 1.85. The van der Waals surface area contributed by atoms with Gasteiger partial charge in [0.2, 0.25) is 5.78 Å². The number of aromatic nitrogens is 1. The number of primary amides is 1. The van der Waals surface area contributed by atoms with Crippen molar-refractivity contribution in [3.8, 4) is 17.0 Å². The first-order valence-corrected chi connectivity index (χ1v) is 11.4. The molecule has 194 valence electrons. The third-order valence-electron chi connectivity index (χ3n) is 7.55. The summed E-state index contributed by atoms with van der Waals surface area (Å²) in [6, 6.07) is 7.28. The van der Waals surface area contributed by atoms with Gasteiger partial charge >= 0.3 is 0 Å². The Morgan fingerprint density at radius 3 is 2.43 bits per heavy atom. The van der Waals surface area contributed by atoms with E-state index in [9.17, 15) is 34.8 Å². The van der Waals surface area contributed by atoms with Crippen molar-refractivity contribution in [2.75, 3.05) is 14.1 Å². The summed E-state index contributed by atoms with van der Waals surface area (Å²) >= 11 is 0. The second-order valence-corrected chi connectivity index (χ2v) is 9.66. The molecule has 1 amide bonds. The lowest BCUT2D eigenvalue weighted by atomic mass is 9.57. The number of rotatable bonds is 3. The average Bonchev–Trinajstić information content (AvgIpc) is 2.81. The number of carbonyl (C=O) groups excluding carboxylic acids is 3. The van der Waals surface area contributed by atoms with Crippen molar-refractivity contribution in [2.24, 2.45) is 17.6 Å². The molecule has 2 aromatic rings. The molecule has 1 aromatic carbocycles. The molecule has 10 nitrogen and oxygen atoms in total. The summed E-state index contributed by atoms with van der Waals surface area (Å²) in [5, 5.41) is 44.4. The van der Waals surface area contributed by atoms with Crippen molar-refractivity contribution in [1.82, 2.24) is 9.88 Å². The van der Waals surface area contributed by atoms with Crippen LogP contribution in [0.5, 0.6) is 5.75 Å². The topological polar surface area (TPSA) is 174 Å². The van der Waals surface area contributed by atoms with Crippen molar-refractivity contribution in [3.05, 3.63) is 64.6 Å². The van der Waals surface area contributed by atoms with Crippen LogP contribution in [0.4, 0.5) is 0 Å². The van der Waals surface area contributed by atoms with Gasteiger partial charge < -0.3 is 26.2 Å². The second kappa shape index (κ2) is 8.82. The molecule has 0 spiro atoms. The Morgan fingerprint density at radius 1 is 1.14 bits per heavy atom. The quantitative estimate of drug-likeness (QED) is 0.387. The molecule has 0 bridgehead atoms. The Balaban J connectivity index is 0.00000320. The van der Waals surface area contributed by atoms with Crippen molar-refractivity contribution >= 4 is 23.2 Å². The smallest absolute Gasteiger partial charge is 0.255 e. The Labute approximate surface area is 213 Å². The highest BCUT2D eigenvalue weighted by molar-refractivity contribution is 6.24. The number of phenolic OH excluding ortho intramolecular Hbond substituents is 1. The van der Waals surface area contributed by atoms with Gasteiger partial charge in [0.15, 0.2) is 11.4 Å². The fourth-order valence-corrected chi connectivity index (χ4v) is 6.01. The SMILES string of the molecule is C.CN(C)[C@@H]1C(=O)C(C(N)=O)=C(O)[C@@]2(O)C(=O)C3=C(O)c4c(O)ccc(-c5ccccn5)c4C[C@H]3C[C@@H]12. The van der Waals surface area contributed by atoms with Crippen LogP contribution < -0.4 is 5.73 Å². The zero-order chi connectivity index (χ0) is 26.1. The van der Waals surface area contributed by atoms with Gasteiger partial charge in [0, 0.05) is 23.3 Å². The third kappa shape index (κ3) is 3.47. The minimum Gasteiger partial charge on any atom is -0.508 e. The number of hydrogen-bond acceptors (Lipinski definition) is 9. The van der Waals surface area contributed by atoms with E-state index >= 15 is 0 Å². The van der Waals surface area contributed by atoms with Crippen LogP contribution in [0.25, 0.3) is 17.0 Å². The van der Waals surface area contributed by atoms with Gasteiger partial charge in [0.05, 0.1) is 17.3 Å². The number of nitrogens with zero attached hydrogens (tertiary/aromatic N) is 2. The maximum atomic E-state index is 13.8. The molecule has 3 aliphatic carbocycles. The Hall–Kier alpha value is -4.02. The summed E-state index contributed by atoms with van der Waals surface area (Å²) in [4.78, 5) is 44.8. The molecule has 1 aromatic heterocycles. The fourth-order valence-electron chi connectivity index (χ4n) is 6.01. The third-order valence-corrected chi connectivity index (χ3v) is 7.55. The number of hydrogen-bond donors (Lipinski definition) is 5. The molecule has 1 fully saturated rings. The largest absolute Gasteiger partial charge is 0.508 e. The van der Waals surface area contributed by atoms with E-state index in [-0.39, 0.29) is 37.2 Å². The molecule has 3 aliphatic rings. The van der Waals surface area contributed by atoms with Gasteiger partial charge in [0.1, 0.15) is 22.8 Å². The number of amides is 1. The Bertz CT molecular complexity index is 1400. The first-order chi connectivity index (χ1) is 17.0. The van der Waals surface area contributed by atoms with E-state index in [1.165, 1.54) is 11.0 Å². The average molecular weight is 508 g/mol. The number of phenols is 1. The summed E-state index contributed by atoms with van der Waals surface area (Å²) < 4.78 is 0. The minimum absolute atomic E-state index is 0. The zero-order valence-corrected chi connectivity index (χ0v) is 19.6. The van der Waals surface area contributed by atoms with Gasteiger partial charge in [-0.1, -0.05) is 13.5 Å². The lowest BCUT2D eigenvalue weighted by molar-refractivity contribution is -0.153. The van der Waals surface area contributed by atoms with Crippen LogP contribution in [0.3, 0.4) is 0 Å². The molecular weight excluding hydrogens is 478 g/mol. The molecule has 10 heteroatoms. The number of benzene rings is 1. The van der Waals surface area contributed by atoms with Crippen LogP contribution in [0.15, 0.2) is 53.4 Å². The van der Waals surface area contributed by atoms with Crippen LogP contribution >= 0.6 is 0 Å². The number of pyridine rings is 1. The molecule has 1 heterocycles. The number of ketones is 2. The van der Waals surface area contributed by atoms with Gasteiger partial charge in [-0.25, -0.2) is 0 Å². The van der Waals surface area contributed by atoms with Gasteiger partial charge in [-0.15, -0.1) is 0 Å². The van der Waals surface area contributed by atoms with Crippen LogP contribution in [0.2, 0.25) is 0 Å². The number of nitrogens with two attached hydrogens (primary N) is 1. The first kappa shape index (κ1) is 26.1. The standard InChI is InChI=1S/C26H25N3O7.CH4/c1-29(2)20-14-10-11-9-13-12(15-5-3-4-8-28-15)6-7-16(30)18(13)21(31)17(11)23(33)26(14,36)24(34)19(22(20)32)25(27)35;/h3-8,11,14,20,30-31,34,36H,9-10H2,1-2H3,(H2,27,35);1H4/t11-,14-,20-,26-;/m0./s1. The number of aliphatic hydroxyl groups excluding tert-OH is 2. The highest BCUT2D eigenvalue weighted by Crippen LogP contribution is 2.53. The van der Waals surface area contributed by atoms with E-state index in [0.29, 0.717) is 16.8 Å². The summed E-state index contributed by atoms with van der Waals surface area (Å²) in [5.41, 5.74) is 3.53. The van der Waals surface area contributed by atoms with Crippen molar-refractivity contribution in [1.29, 1.82) is 0 Å². The maximum absolute atomic E-state index is 13.8. The van der Waals surface area contributed by atoms with Crippen LogP contribution in [-0.2, 0) is 20.8 Å². The van der Waals surface area contributed by atoms with E-state index < -0.39 is 58.0 Å². The Kier molecular flexibility index (Phi) is 6.21. The normalized spacial score (nSPS) is 26.9. The maximum Gasteiger partial charge on any atom is 0.255 e. The number of carbonyl (C=O) groups is 3. The molecule has 0 saturated heterocycles. The molecule has 0 unspecified atom stereocenters. The molecule has 0 radical (unpaired) electrons. The molecule has 0 aliphatic heterocycles. The van der Waals surface area contributed by atoms with Crippen molar-refractivity contribution in [2.45, 2.75) is 31.9 Å². The molecule has 4 atom stereocenters. The van der Waals surface area contributed by atoms with E-state index in [4.69, 9.17) is 5.73 Å². The summed E-state index contributed by atoms with van der Waals surface area (Å²) in [7, 11) is 3.12. The van der Waals surface area contributed by atoms with Gasteiger partial charge in [0.25, 0.3) is 5.91 Å². The summed E-state index contributed by atoms with van der Waals surface area (Å²) in [5.74, 6) is -6.75. The van der Waals surface area contributed by atoms with Crippen LogP contribution in [0.1, 0.15) is 25.0 Å². The van der Waals surface area contributed by atoms with Gasteiger partial charge in [-0.2, -0.15) is 0 Å². The Morgan fingerprint density at radius 2 is 1.84 bits per heavy atom. The van der Waals surface area contributed by atoms with Crippen molar-refractivity contribution in [3.63, 3.8) is 0 Å². The van der Waals surface area contributed by atoms with Crippen LogP contribution in [-0.4, -0.2) is 73.5 Å². The van der Waals surface area contributed by atoms with E-state index in [2.05, 4.69) is 4.98 Å². The highest BCUT2D eigenvalue weighted by atomic mass is 16.3. The second-order valence-electron chi connectivity index (χ2n) is 9.66. The van der Waals surface area contributed by atoms with Gasteiger partial charge in [-0.05, 0) is 62.7 Å². The molecule has 1 saturated carbocycles. The lowest BCUT2D eigenvalue weighted by Crippen LogP contribution is -2.65. The van der Waals surface area contributed by atoms with Crippen LogP contribution in [0, 0.1) is 11.8 Å². The predicted octanol–water partition coefficient (Wildman–Crippen LogP) is 1.66. The number of likely N-dealkylation sites (N-methyl/N-ethyl adjacent to an activating group) is 1. The monoisotopic (exact) mass is 507 g/mol. The highest BCUT2D eigenvalue weighted by Gasteiger charge is 2.64. The first-order valence-electron chi connectivity index (χ1n) is 11.4. The fraction of sp³-hybridized carbons (Fsp3) is 0.333. The molecule has 5 rings (SSSR count). The molecule has 6 N–H and O–H groups in total. The van der Waals surface area contributed by atoms with E-state index in [1.54, 1.807) is 44.6 Å². The lowest BCUT2D eigenvalue weighted by Gasteiger charge is -2.50. The van der Waals surface area contributed by atoms with Gasteiger partial charge in [-0.3, -0.25) is 24.3 Å². The number of Topliss-reactive ketones (excluding diaryl/α,β-unsaturated/α-hetero) is 2. The summed E-state index contributed by atoms with van der Waals surface area (Å²) in [6.45, 7) is 0. The molecular formula is C27H29N3O7. The van der Waals surface area contributed by atoms with Crippen molar-refractivity contribution < 1.29 is 34.8 Å². The van der Waals surface area contributed by atoms with E-state index in [1.807, 2.05) is 0 Å². The minimum atomic E-state index is -2.65. The zero-order valence-electron chi connectivity index (χ0n) is 19.6. The predicted molar refractivity (Wildman–Crippen MR) is 134 cm³/mol. The number of aliphatic hydroxyl groups is 3. The van der Waals surface area contributed by atoms with E-state index in [0.717, 1.165) is 0 Å².